The first-order valence-electron chi connectivity index (χ1n) is 13.8. The largest absolute Gasteiger partial charge is 0.494 e. The first kappa shape index (κ1) is 22.2. The number of aryl methyl sites for hydroxylation is 1. The lowest BCUT2D eigenvalue weighted by molar-refractivity contribution is 0.0703. The van der Waals surface area contributed by atoms with Gasteiger partial charge in [0.05, 0.1) is 28.5 Å². The topological polar surface area (TPSA) is 64.3 Å². The van der Waals surface area contributed by atoms with E-state index in [1.54, 1.807) is 7.11 Å². The first-order chi connectivity index (χ1) is 18.1. The average Bonchev–Trinajstić information content (AvgIpc) is 3.26. The number of hydrogen-bond donors (Lipinski definition) is 1. The molecule has 7 nitrogen and oxygen atoms in total. The van der Waals surface area contributed by atoms with Crippen LogP contribution in [0.4, 0.5) is 0 Å². The molecule has 2 saturated carbocycles. The molecule has 1 amide bonds. The van der Waals surface area contributed by atoms with Gasteiger partial charge in [-0.1, -0.05) is 0 Å². The molecule has 192 valence electrons. The molecule has 37 heavy (non-hydrogen) atoms. The zero-order valence-corrected chi connectivity index (χ0v) is 22.3. The van der Waals surface area contributed by atoms with Gasteiger partial charge in [-0.3, -0.25) is 4.79 Å². The fourth-order valence-corrected chi connectivity index (χ4v) is 8.06. The molecule has 4 aromatic rings. The van der Waals surface area contributed by atoms with Crippen molar-refractivity contribution < 1.29 is 9.53 Å². The second-order valence-electron chi connectivity index (χ2n) is 11.7. The van der Waals surface area contributed by atoms with Crippen LogP contribution in [0.2, 0.25) is 0 Å². The number of fused-ring (bicyclic) bond motifs is 4. The molecule has 0 unspecified atom stereocenters. The van der Waals surface area contributed by atoms with Gasteiger partial charge in [0.1, 0.15) is 11.3 Å². The van der Waals surface area contributed by atoms with Crippen molar-refractivity contribution in [3.8, 4) is 17.3 Å². The molecule has 1 aromatic carbocycles. The number of nitrogens with one attached hydrogen (secondary N) is 1. The van der Waals surface area contributed by atoms with E-state index in [1.165, 1.54) is 40.7 Å². The molecule has 2 atom stereocenters. The van der Waals surface area contributed by atoms with Gasteiger partial charge in [0, 0.05) is 50.7 Å². The molecule has 4 aliphatic rings. The van der Waals surface area contributed by atoms with Gasteiger partial charge in [-0.15, -0.1) is 11.3 Å². The van der Waals surface area contributed by atoms with E-state index in [-0.39, 0.29) is 5.91 Å². The summed E-state index contributed by atoms with van der Waals surface area (Å²) in [5.41, 5.74) is 6.52. The smallest absolute Gasteiger partial charge is 0.254 e. The maximum absolute atomic E-state index is 13.5. The number of piperidine rings is 1. The summed E-state index contributed by atoms with van der Waals surface area (Å²) in [5.74, 6) is 3.82. The van der Waals surface area contributed by atoms with E-state index >= 15 is 0 Å². The van der Waals surface area contributed by atoms with Gasteiger partial charge in [-0.2, -0.15) is 0 Å². The van der Waals surface area contributed by atoms with Crippen molar-refractivity contribution in [1.29, 1.82) is 0 Å². The molecule has 4 fully saturated rings. The van der Waals surface area contributed by atoms with Crippen LogP contribution in [0, 0.1) is 11.8 Å². The number of imidazole rings is 1. The lowest BCUT2D eigenvalue weighted by atomic mass is 9.95. The highest BCUT2D eigenvalue weighted by Gasteiger charge is 2.40. The predicted octanol–water partition coefficient (Wildman–Crippen LogP) is 4.99. The van der Waals surface area contributed by atoms with Crippen LogP contribution in [0.3, 0.4) is 0 Å². The molecule has 2 aliphatic heterocycles. The molecule has 5 heterocycles. The number of aromatic nitrogens is 3. The quantitative estimate of drug-likeness (QED) is 0.393. The van der Waals surface area contributed by atoms with Crippen LogP contribution in [-0.2, 0) is 13.6 Å². The lowest BCUT2D eigenvalue weighted by Crippen LogP contribution is -2.39. The summed E-state index contributed by atoms with van der Waals surface area (Å²) < 4.78 is 11.9. The highest BCUT2D eigenvalue weighted by molar-refractivity contribution is 7.17. The number of carbonyl (C=O) groups is 1. The number of likely N-dealkylation sites (tertiary alicyclic amines) is 1. The number of hydrogen-bond acceptors (Lipinski definition) is 5. The van der Waals surface area contributed by atoms with Crippen LogP contribution >= 0.6 is 11.3 Å². The van der Waals surface area contributed by atoms with E-state index < -0.39 is 0 Å². The Morgan fingerprint density at radius 3 is 2.70 bits per heavy atom. The van der Waals surface area contributed by atoms with Crippen LogP contribution in [0.15, 0.2) is 23.6 Å². The van der Waals surface area contributed by atoms with E-state index in [2.05, 4.69) is 37.8 Å². The Bertz CT molecular complexity index is 1560. The van der Waals surface area contributed by atoms with Crippen LogP contribution < -0.4 is 10.1 Å². The number of nitrogens with zero attached hydrogens (tertiary/aromatic N) is 4. The van der Waals surface area contributed by atoms with Crippen molar-refractivity contribution in [2.45, 2.75) is 50.6 Å². The monoisotopic (exact) mass is 515 g/mol. The maximum atomic E-state index is 13.5. The third-order valence-electron chi connectivity index (χ3n) is 9.31. The maximum Gasteiger partial charge on any atom is 0.254 e. The third kappa shape index (κ3) is 3.34. The van der Waals surface area contributed by atoms with E-state index in [1.807, 2.05) is 23.5 Å². The number of carbonyl (C=O) groups excluding carboxylic acids is 1. The van der Waals surface area contributed by atoms with Gasteiger partial charge in [-0.05, 0) is 73.1 Å². The van der Waals surface area contributed by atoms with E-state index in [4.69, 9.17) is 9.72 Å². The molecular weight excluding hydrogens is 482 g/mol. The number of benzene rings is 1. The van der Waals surface area contributed by atoms with Crippen LogP contribution in [-0.4, -0.2) is 57.7 Å². The molecule has 2 saturated heterocycles. The second kappa shape index (κ2) is 8.08. The fourth-order valence-electron chi connectivity index (χ4n) is 6.98. The van der Waals surface area contributed by atoms with E-state index in [0.717, 1.165) is 67.5 Å². The summed E-state index contributed by atoms with van der Waals surface area (Å²) in [7, 11) is 3.77. The molecule has 0 spiro atoms. The average molecular weight is 516 g/mol. The van der Waals surface area contributed by atoms with E-state index in [9.17, 15) is 4.79 Å². The Morgan fingerprint density at radius 1 is 1.16 bits per heavy atom. The second-order valence-corrected chi connectivity index (χ2v) is 12.6. The van der Waals surface area contributed by atoms with Crippen molar-refractivity contribution in [2.75, 3.05) is 26.7 Å². The van der Waals surface area contributed by atoms with Crippen molar-refractivity contribution in [2.24, 2.45) is 18.9 Å². The van der Waals surface area contributed by atoms with Gasteiger partial charge in [-0.25, -0.2) is 4.98 Å². The van der Waals surface area contributed by atoms with Gasteiger partial charge in [0.15, 0.2) is 5.82 Å². The van der Waals surface area contributed by atoms with Crippen molar-refractivity contribution >= 4 is 38.5 Å². The van der Waals surface area contributed by atoms with Gasteiger partial charge in [0.2, 0.25) is 0 Å². The Labute approximate surface area is 220 Å². The lowest BCUT2D eigenvalue weighted by Gasteiger charge is -2.27. The molecule has 2 aliphatic carbocycles. The summed E-state index contributed by atoms with van der Waals surface area (Å²) in [5, 5.41) is 5.81. The van der Waals surface area contributed by atoms with Crippen molar-refractivity contribution in [3.63, 3.8) is 0 Å². The molecule has 8 rings (SSSR count). The summed E-state index contributed by atoms with van der Waals surface area (Å²) >= 11 is 1.85. The Kier molecular flexibility index (Phi) is 4.84. The number of thiophene rings is 1. The minimum atomic E-state index is 0.121. The number of methoxy groups -OCH3 is 1. The zero-order valence-electron chi connectivity index (χ0n) is 21.5. The minimum Gasteiger partial charge on any atom is -0.494 e. The summed E-state index contributed by atoms with van der Waals surface area (Å²) in [6.07, 6.45) is 6.18. The molecule has 1 N–H and O–H groups in total. The fraction of sp³-hybridized carbons (Fsp3) is 0.517. The molecular formula is C29H33N5O2S. The predicted molar refractivity (Wildman–Crippen MR) is 147 cm³/mol. The van der Waals surface area contributed by atoms with Crippen LogP contribution in [0.25, 0.3) is 32.8 Å². The minimum absolute atomic E-state index is 0.121. The van der Waals surface area contributed by atoms with Crippen molar-refractivity contribution in [1.82, 2.24) is 24.3 Å². The summed E-state index contributed by atoms with van der Waals surface area (Å²) in [6, 6.07) is 6.64. The molecule has 2 bridgehead atoms. The van der Waals surface area contributed by atoms with Crippen LogP contribution in [0.5, 0.6) is 5.75 Å². The Balaban J connectivity index is 1.25. The van der Waals surface area contributed by atoms with E-state index in [0.29, 0.717) is 23.4 Å². The first-order valence-corrected chi connectivity index (χ1v) is 14.6. The van der Waals surface area contributed by atoms with Gasteiger partial charge < -0.3 is 24.1 Å². The standard InChI is InChI=1S/C29H33N5O2S/c1-32-27-22(8-18(9-24(27)36-2)29(35)33-14-17-5-6-20(33)7-17)31-28(32)23-10-25-26(34(23)13-16-3-4-16)21(15-37-25)19-11-30-12-19/h8-10,15-17,19-20,30H,3-7,11-14H2,1-2H3/t17-,20+/m0/s1. The summed E-state index contributed by atoms with van der Waals surface area (Å²) in [6.45, 7) is 4.06. The van der Waals surface area contributed by atoms with Crippen molar-refractivity contribution in [3.05, 3.63) is 34.7 Å². The highest BCUT2D eigenvalue weighted by atomic mass is 32.1. The SMILES string of the molecule is COc1cc(C(=O)N2C[C@H]3CC[C@@H]2C3)cc2nc(-c3cc4scc(C5CNC5)c4n3CC3CC3)n(C)c12. The molecule has 3 aromatic heterocycles. The molecule has 8 heteroatoms. The van der Waals surface area contributed by atoms with Gasteiger partial charge in [0.25, 0.3) is 5.91 Å². The van der Waals surface area contributed by atoms with Crippen LogP contribution in [0.1, 0.15) is 53.9 Å². The Hall–Kier alpha value is -2.84. The Morgan fingerprint density at radius 2 is 2.03 bits per heavy atom. The normalized spacial score (nSPS) is 23.5. The molecule has 0 radical (unpaired) electrons. The number of rotatable bonds is 6. The summed E-state index contributed by atoms with van der Waals surface area (Å²) in [4.78, 5) is 20.8. The number of ether oxygens (including phenoxy) is 1. The zero-order chi connectivity index (χ0) is 24.8. The van der Waals surface area contributed by atoms with Gasteiger partial charge >= 0.3 is 0 Å². The highest BCUT2D eigenvalue weighted by Crippen LogP contribution is 2.43. The number of amides is 1. The third-order valence-corrected chi connectivity index (χ3v) is 10.2.